The first kappa shape index (κ1) is 15.3. The van der Waals surface area contributed by atoms with E-state index in [1.807, 2.05) is 42.5 Å². The van der Waals surface area contributed by atoms with Crippen LogP contribution in [0.5, 0.6) is 0 Å². The van der Waals surface area contributed by atoms with Crippen molar-refractivity contribution in [2.45, 2.75) is 12.1 Å². The second-order valence-electron chi connectivity index (χ2n) is 6.10. The van der Waals surface area contributed by atoms with E-state index in [9.17, 15) is 9.90 Å². The molecule has 0 aromatic heterocycles. The molecule has 0 aliphatic carbocycles. The Labute approximate surface area is 146 Å². The number of aromatic carboxylic acids is 1. The van der Waals surface area contributed by atoms with Crippen LogP contribution in [0.2, 0.25) is 0 Å². The summed E-state index contributed by atoms with van der Waals surface area (Å²) in [5, 5.41) is 16.5. The summed E-state index contributed by atoms with van der Waals surface area (Å²) in [4.78, 5) is 11.6. The molecule has 3 aromatic carbocycles. The number of nitrogens with one attached hydrogen (secondary N) is 2. The molecule has 1 heterocycles. The van der Waals surface area contributed by atoms with Gasteiger partial charge in [-0.1, -0.05) is 66.7 Å². The zero-order valence-electron chi connectivity index (χ0n) is 13.5. The molecule has 0 saturated carbocycles. The molecular formula is C21H18N2O2. The highest BCUT2D eigenvalue weighted by Gasteiger charge is 2.32. The molecule has 3 aromatic rings. The molecule has 0 fully saturated rings. The Balaban J connectivity index is 1.84. The topological polar surface area (TPSA) is 61.4 Å². The van der Waals surface area contributed by atoms with Crippen molar-refractivity contribution in [2.24, 2.45) is 0 Å². The van der Waals surface area contributed by atoms with Gasteiger partial charge in [-0.15, -0.1) is 0 Å². The van der Waals surface area contributed by atoms with E-state index in [0.29, 0.717) is 5.69 Å². The van der Waals surface area contributed by atoms with Crippen molar-refractivity contribution < 1.29 is 9.90 Å². The molecule has 3 N–H and O–H groups in total. The molecular weight excluding hydrogens is 312 g/mol. The van der Waals surface area contributed by atoms with Gasteiger partial charge in [0.25, 0.3) is 0 Å². The molecule has 0 saturated heterocycles. The van der Waals surface area contributed by atoms with Gasteiger partial charge in [-0.25, -0.2) is 4.79 Å². The summed E-state index contributed by atoms with van der Waals surface area (Å²) in [7, 11) is 0. The molecule has 0 amide bonds. The molecule has 1 aliphatic heterocycles. The summed E-state index contributed by atoms with van der Waals surface area (Å²) in [6.07, 6.45) is 0. The lowest BCUT2D eigenvalue weighted by atomic mass is 9.90. The van der Waals surface area contributed by atoms with Gasteiger partial charge in [-0.2, -0.15) is 0 Å². The van der Waals surface area contributed by atoms with Gasteiger partial charge in [0.05, 0.1) is 29.0 Å². The van der Waals surface area contributed by atoms with Crippen LogP contribution in [0.4, 0.5) is 11.4 Å². The van der Waals surface area contributed by atoms with Crippen LogP contribution in [-0.2, 0) is 0 Å². The highest BCUT2D eigenvalue weighted by atomic mass is 16.4. The van der Waals surface area contributed by atoms with Crippen molar-refractivity contribution >= 4 is 17.3 Å². The summed E-state index contributed by atoms with van der Waals surface area (Å²) in [6, 6.07) is 25.5. The highest BCUT2D eigenvalue weighted by molar-refractivity contribution is 5.98. The number of carboxylic acid groups (broad SMARTS) is 1. The molecule has 0 bridgehead atoms. The van der Waals surface area contributed by atoms with Crippen LogP contribution in [0, 0.1) is 0 Å². The quantitative estimate of drug-likeness (QED) is 0.651. The van der Waals surface area contributed by atoms with Gasteiger partial charge >= 0.3 is 5.97 Å². The maximum atomic E-state index is 11.6. The van der Waals surface area contributed by atoms with Crippen molar-refractivity contribution in [3.8, 4) is 0 Å². The molecule has 4 rings (SSSR count). The normalized spacial score (nSPS) is 18.6. The molecule has 0 spiro atoms. The van der Waals surface area contributed by atoms with Gasteiger partial charge in [0.15, 0.2) is 0 Å². The van der Waals surface area contributed by atoms with Gasteiger partial charge in [0.1, 0.15) is 0 Å². The molecule has 0 radical (unpaired) electrons. The van der Waals surface area contributed by atoms with Crippen LogP contribution < -0.4 is 10.6 Å². The number of anilines is 2. The minimum atomic E-state index is -0.934. The largest absolute Gasteiger partial charge is 0.478 e. The van der Waals surface area contributed by atoms with Crippen molar-refractivity contribution in [1.29, 1.82) is 0 Å². The minimum Gasteiger partial charge on any atom is -0.478 e. The Morgan fingerprint density at radius 1 is 0.720 bits per heavy atom. The van der Waals surface area contributed by atoms with E-state index in [1.54, 1.807) is 12.1 Å². The fourth-order valence-corrected chi connectivity index (χ4v) is 3.37. The number of para-hydroxylation sites is 1. The third-order valence-corrected chi connectivity index (χ3v) is 4.56. The lowest BCUT2D eigenvalue weighted by Gasteiger charge is -2.37. The second kappa shape index (κ2) is 6.32. The first-order valence-electron chi connectivity index (χ1n) is 8.23. The lowest BCUT2D eigenvalue weighted by molar-refractivity contribution is 0.0698. The average Bonchev–Trinajstić information content (AvgIpc) is 2.67. The number of hydrogen-bond donors (Lipinski definition) is 3. The van der Waals surface area contributed by atoms with Gasteiger partial charge in [-0.3, -0.25) is 0 Å². The average molecular weight is 330 g/mol. The number of benzene rings is 3. The standard InChI is InChI=1S/C21H18N2O2/c24-21(25)16-12-7-13-17-20(16)23-19(15-10-5-2-6-11-15)18(22-17)14-8-3-1-4-9-14/h1-13,18-19,22-23H,(H,24,25)/t18-,19-/m0/s1. The molecule has 4 nitrogen and oxygen atoms in total. The summed E-state index contributed by atoms with van der Waals surface area (Å²) < 4.78 is 0. The highest BCUT2D eigenvalue weighted by Crippen LogP contribution is 2.43. The first-order valence-corrected chi connectivity index (χ1v) is 8.23. The van der Waals surface area contributed by atoms with E-state index in [1.165, 1.54) is 0 Å². The SMILES string of the molecule is O=C(O)c1cccc2c1N[C@@H](c1ccccc1)[C@H](c1ccccc1)N2. The second-order valence-corrected chi connectivity index (χ2v) is 6.10. The predicted molar refractivity (Wildman–Crippen MR) is 99.0 cm³/mol. The van der Waals surface area contributed by atoms with Gasteiger partial charge in [0.2, 0.25) is 0 Å². The zero-order chi connectivity index (χ0) is 17.2. The zero-order valence-corrected chi connectivity index (χ0v) is 13.5. The summed E-state index contributed by atoms with van der Waals surface area (Å²) in [5.41, 5.74) is 3.97. The van der Waals surface area contributed by atoms with Crippen LogP contribution >= 0.6 is 0 Å². The van der Waals surface area contributed by atoms with Gasteiger partial charge < -0.3 is 15.7 Å². The number of carbonyl (C=O) groups is 1. The molecule has 2 atom stereocenters. The Hall–Kier alpha value is -3.27. The van der Waals surface area contributed by atoms with Gasteiger partial charge in [-0.05, 0) is 23.3 Å². The van der Waals surface area contributed by atoms with Crippen molar-refractivity contribution in [1.82, 2.24) is 0 Å². The van der Waals surface area contributed by atoms with Crippen molar-refractivity contribution in [2.75, 3.05) is 10.6 Å². The molecule has 124 valence electrons. The monoisotopic (exact) mass is 330 g/mol. The van der Waals surface area contributed by atoms with Gasteiger partial charge in [0, 0.05) is 0 Å². The van der Waals surface area contributed by atoms with Crippen LogP contribution in [0.3, 0.4) is 0 Å². The van der Waals surface area contributed by atoms with E-state index in [2.05, 4.69) is 34.9 Å². The van der Waals surface area contributed by atoms with Crippen molar-refractivity contribution in [3.05, 3.63) is 95.6 Å². The first-order chi connectivity index (χ1) is 12.2. The third kappa shape index (κ3) is 2.83. The Morgan fingerprint density at radius 3 is 1.84 bits per heavy atom. The Morgan fingerprint density at radius 2 is 1.28 bits per heavy atom. The van der Waals surface area contributed by atoms with Crippen LogP contribution in [0.25, 0.3) is 0 Å². The molecule has 0 unspecified atom stereocenters. The number of carboxylic acids is 1. The van der Waals surface area contributed by atoms with Crippen LogP contribution in [0.15, 0.2) is 78.9 Å². The maximum absolute atomic E-state index is 11.6. The van der Waals surface area contributed by atoms with E-state index < -0.39 is 5.97 Å². The Bertz CT molecular complexity index is 894. The van der Waals surface area contributed by atoms with Crippen molar-refractivity contribution in [3.63, 3.8) is 0 Å². The number of fused-ring (bicyclic) bond motifs is 1. The van der Waals surface area contributed by atoms with E-state index in [0.717, 1.165) is 16.8 Å². The van der Waals surface area contributed by atoms with E-state index >= 15 is 0 Å². The molecule has 4 heteroatoms. The lowest BCUT2D eigenvalue weighted by Crippen LogP contribution is -2.31. The van der Waals surface area contributed by atoms with E-state index in [-0.39, 0.29) is 17.6 Å². The maximum Gasteiger partial charge on any atom is 0.337 e. The number of hydrogen-bond acceptors (Lipinski definition) is 3. The number of rotatable bonds is 3. The van der Waals surface area contributed by atoms with Crippen LogP contribution in [0.1, 0.15) is 33.6 Å². The minimum absolute atomic E-state index is 0.000134. The molecule has 1 aliphatic rings. The summed E-state index contributed by atoms with van der Waals surface area (Å²) >= 11 is 0. The summed E-state index contributed by atoms with van der Waals surface area (Å²) in [6.45, 7) is 0. The molecule has 25 heavy (non-hydrogen) atoms. The fraction of sp³-hybridized carbons (Fsp3) is 0.0952. The third-order valence-electron chi connectivity index (χ3n) is 4.56. The fourth-order valence-electron chi connectivity index (χ4n) is 3.37. The summed E-state index contributed by atoms with van der Waals surface area (Å²) in [5.74, 6) is -0.934. The predicted octanol–water partition coefficient (Wildman–Crippen LogP) is 4.70. The Kier molecular flexibility index (Phi) is 3.86. The van der Waals surface area contributed by atoms with Crippen LogP contribution in [-0.4, -0.2) is 11.1 Å². The van der Waals surface area contributed by atoms with E-state index in [4.69, 9.17) is 0 Å². The smallest absolute Gasteiger partial charge is 0.337 e.